The van der Waals surface area contributed by atoms with Crippen LogP contribution in [0.3, 0.4) is 0 Å². The topological polar surface area (TPSA) is 46.6 Å². The normalized spacial score (nSPS) is 15.4. The monoisotopic (exact) mass is 293 g/mol. The molecule has 2 rings (SSSR count). The van der Waals surface area contributed by atoms with Crippen LogP contribution in [0.25, 0.3) is 0 Å². The van der Waals surface area contributed by atoms with Crippen molar-refractivity contribution in [3.63, 3.8) is 0 Å². The maximum atomic E-state index is 12.9. The van der Waals surface area contributed by atoms with Crippen LogP contribution in [0.5, 0.6) is 0 Å². The maximum Gasteiger partial charge on any atom is 0.310 e. The van der Waals surface area contributed by atoms with E-state index in [-0.39, 0.29) is 29.7 Å². The summed E-state index contributed by atoms with van der Waals surface area (Å²) in [5.41, 5.74) is 0.444. The van der Waals surface area contributed by atoms with Gasteiger partial charge >= 0.3 is 5.97 Å². The third-order valence-electron chi connectivity index (χ3n) is 3.50. The molecule has 1 amide bonds. The number of nitrogens with zero attached hydrogens (tertiary/aromatic N) is 1. The first kappa shape index (κ1) is 15.5. The second-order valence-electron chi connectivity index (χ2n) is 5.35. The Hall–Kier alpha value is -1.91. The lowest BCUT2D eigenvalue weighted by Crippen LogP contribution is -2.39. The Morgan fingerprint density at radius 3 is 2.48 bits per heavy atom. The zero-order valence-corrected chi connectivity index (χ0v) is 12.3. The molecule has 1 fully saturated rings. The molecule has 1 atom stereocenters. The first-order chi connectivity index (χ1) is 10.0. The summed E-state index contributed by atoms with van der Waals surface area (Å²) in [6.07, 6.45) is 1.89. The first-order valence-electron chi connectivity index (χ1n) is 7.26. The van der Waals surface area contributed by atoms with Crippen LogP contribution in [0.15, 0.2) is 24.3 Å². The molecule has 1 aliphatic rings. The second-order valence-corrected chi connectivity index (χ2v) is 5.35. The molecule has 21 heavy (non-hydrogen) atoms. The Morgan fingerprint density at radius 2 is 1.95 bits per heavy atom. The molecule has 1 saturated carbocycles. The minimum Gasteiger partial charge on any atom is -0.466 e. The van der Waals surface area contributed by atoms with Crippen molar-refractivity contribution < 1.29 is 18.7 Å². The van der Waals surface area contributed by atoms with E-state index >= 15 is 0 Å². The van der Waals surface area contributed by atoms with E-state index in [0.29, 0.717) is 18.7 Å². The highest BCUT2D eigenvalue weighted by molar-refractivity contribution is 5.94. The zero-order chi connectivity index (χ0) is 15.4. The zero-order valence-electron chi connectivity index (χ0n) is 12.3. The largest absolute Gasteiger partial charge is 0.466 e. The van der Waals surface area contributed by atoms with Gasteiger partial charge in [-0.05, 0) is 44.0 Å². The number of hydrogen-bond acceptors (Lipinski definition) is 3. The number of amides is 1. The predicted molar refractivity (Wildman–Crippen MR) is 76.3 cm³/mol. The van der Waals surface area contributed by atoms with E-state index < -0.39 is 0 Å². The molecule has 4 nitrogen and oxygen atoms in total. The van der Waals surface area contributed by atoms with E-state index in [1.165, 1.54) is 24.3 Å². The van der Waals surface area contributed by atoms with Crippen molar-refractivity contribution in [1.82, 2.24) is 4.90 Å². The molecule has 1 aliphatic carbocycles. The first-order valence-corrected chi connectivity index (χ1v) is 7.26. The predicted octanol–water partition coefficient (Wildman–Crippen LogP) is 2.63. The minimum atomic E-state index is -0.371. The molecular weight excluding hydrogens is 273 g/mol. The highest BCUT2D eigenvalue weighted by Gasteiger charge is 2.35. The third kappa shape index (κ3) is 4.03. The molecule has 0 radical (unpaired) electrons. The molecule has 0 spiro atoms. The van der Waals surface area contributed by atoms with Gasteiger partial charge in [-0.3, -0.25) is 9.59 Å². The molecule has 5 heteroatoms. The average molecular weight is 293 g/mol. The number of halogens is 1. The van der Waals surface area contributed by atoms with Crippen LogP contribution >= 0.6 is 0 Å². The molecule has 0 aliphatic heterocycles. The van der Waals surface area contributed by atoms with Gasteiger partial charge in [-0.25, -0.2) is 4.39 Å². The number of benzene rings is 1. The molecule has 1 unspecified atom stereocenters. The molecule has 0 heterocycles. The average Bonchev–Trinajstić information content (AvgIpc) is 3.29. The fraction of sp³-hybridized carbons (Fsp3) is 0.500. The van der Waals surface area contributed by atoms with Crippen molar-refractivity contribution in [2.24, 2.45) is 5.92 Å². The van der Waals surface area contributed by atoms with Gasteiger partial charge in [0.05, 0.1) is 12.5 Å². The Morgan fingerprint density at radius 1 is 1.33 bits per heavy atom. The van der Waals surface area contributed by atoms with Gasteiger partial charge in [0.2, 0.25) is 0 Å². The van der Waals surface area contributed by atoms with Crippen molar-refractivity contribution >= 4 is 11.9 Å². The number of esters is 1. The summed E-state index contributed by atoms with van der Waals surface area (Å²) in [6, 6.07) is 5.67. The van der Waals surface area contributed by atoms with Crippen LogP contribution in [0.1, 0.15) is 37.0 Å². The van der Waals surface area contributed by atoms with Gasteiger partial charge in [-0.15, -0.1) is 0 Å². The Labute approximate surface area is 123 Å². The maximum absolute atomic E-state index is 12.9. The van der Waals surface area contributed by atoms with Crippen molar-refractivity contribution in [2.45, 2.75) is 32.7 Å². The molecule has 1 aromatic rings. The van der Waals surface area contributed by atoms with Crippen molar-refractivity contribution in [3.05, 3.63) is 35.6 Å². The summed E-state index contributed by atoms with van der Waals surface area (Å²) >= 11 is 0. The fourth-order valence-electron chi connectivity index (χ4n) is 2.20. The molecule has 1 aromatic carbocycles. The van der Waals surface area contributed by atoms with E-state index in [0.717, 1.165) is 12.8 Å². The van der Waals surface area contributed by atoms with Crippen LogP contribution < -0.4 is 0 Å². The van der Waals surface area contributed by atoms with Gasteiger partial charge in [-0.1, -0.05) is 6.92 Å². The standard InChI is InChI=1S/C16H20FNO3/c1-3-21-16(20)11(2)10-18(14-8-9-14)15(19)12-4-6-13(17)7-5-12/h4-7,11,14H,3,8-10H2,1-2H3. The number of carbonyl (C=O) groups excluding carboxylic acids is 2. The smallest absolute Gasteiger partial charge is 0.310 e. The number of hydrogen-bond donors (Lipinski definition) is 0. The summed E-state index contributed by atoms with van der Waals surface area (Å²) in [6.45, 7) is 4.18. The van der Waals surface area contributed by atoms with Crippen LogP contribution in [0, 0.1) is 11.7 Å². The Bertz CT molecular complexity index is 511. The van der Waals surface area contributed by atoms with E-state index in [1.54, 1.807) is 18.7 Å². The molecule has 0 saturated heterocycles. The van der Waals surface area contributed by atoms with Gasteiger partial charge in [0.1, 0.15) is 5.82 Å². The molecule has 0 bridgehead atoms. The van der Waals surface area contributed by atoms with Crippen molar-refractivity contribution in [2.75, 3.05) is 13.2 Å². The summed E-state index contributed by atoms with van der Waals surface area (Å²) in [7, 11) is 0. The minimum absolute atomic E-state index is 0.159. The fourth-order valence-corrected chi connectivity index (χ4v) is 2.20. The van der Waals surface area contributed by atoms with Crippen LogP contribution in [0.4, 0.5) is 4.39 Å². The summed E-state index contributed by atoms with van der Waals surface area (Å²) in [4.78, 5) is 25.9. The third-order valence-corrected chi connectivity index (χ3v) is 3.50. The second kappa shape index (κ2) is 6.70. The van der Waals surface area contributed by atoms with E-state index in [1.807, 2.05) is 0 Å². The van der Waals surface area contributed by atoms with Crippen molar-refractivity contribution in [1.29, 1.82) is 0 Å². The Kier molecular flexibility index (Phi) is 4.94. The molecule has 114 valence electrons. The summed E-state index contributed by atoms with van der Waals surface area (Å²) in [5, 5.41) is 0. The Balaban J connectivity index is 2.06. The summed E-state index contributed by atoms with van der Waals surface area (Å²) < 4.78 is 17.9. The van der Waals surface area contributed by atoms with E-state index in [2.05, 4.69) is 0 Å². The lowest BCUT2D eigenvalue weighted by Gasteiger charge is -2.25. The van der Waals surface area contributed by atoms with Gasteiger partial charge in [0, 0.05) is 18.2 Å². The summed E-state index contributed by atoms with van der Waals surface area (Å²) in [5.74, 6) is -1.19. The van der Waals surface area contributed by atoms with E-state index in [9.17, 15) is 14.0 Å². The SMILES string of the molecule is CCOC(=O)C(C)CN(C(=O)c1ccc(F)cc1)C1CC1. The molecular formula is C16H20FNO3. The van der Waals surface area contributed by atoms with Crippen molar-refractivity contribution in [3.8, 4) is 0 Å². The molecule has 0 aromatic heterocycles. The highest BCUT2D eigenvalue weighted by atomic mass is 19.1. The van der Waals surface area contributed by atoms with E-state index in [4.69, 9.17) is 4.74 Å². The van der Waals surface area contributed by atoms with Gasteiger partial charge in [-0.2, -0.15) is 0 Å². The lowest BCUT2D eigenvalue weighted by molar-refractivity contribution is -0.147. The van der Waals surface area contributed by atoms with Gasteiger partial charge in [0.25, 0.3) is 5.91 Å². The van der Waals surface area contributed by atoms with Crippen LogP contribution in [-0.2, 0) is 9.53 Å². The molecule has 0 N–H and O–H groups in total. The quantitative estimate of drug-likeness (QED) is 0.757. The number of carbonyl (C=O) groups is 2. The number of rotatable bonds is 6. The van der Waals surface area contributed by atoms with Crippen LogP contribution in [0.2, 0.25) is 0 Å². The van der Waals surface area contributed by atoms with Crippen LogP contribution in [-0.4, -0.2) is 36.0 Å². The number of ether oxygens (including phenoxy) is 1. The highest BCUT2D eigenvalue weighted by Crippen LogP contribution is 2.29. The van der Waals surface area contributed by atoms with Gasteiger partial charge < -0.3 is 9.64 Å². The lowest BCUT2D eigenvalue weighted by atomic mass is 10.1. The van der Waals surface area contributed by atoms with Gasteiger partial charge in [0.15, 0.2) is 0 Å².